The van der Waals surface area contributed by atoms with Gasteiger partial charge < -0.3 is 14.9 Å². The lowest BCUT2D eigenvalue weighted by Gasteiger charge is -2.14. The van der Waals surface area contributed by atoms with Gasteiger partial charge in [-0.2, -0.15) is 0 Å². The molecule has 16 heavy (non-hydrogen) atoms. The van der Waals surface area contributed by atoms with E-state index in [0.29, 0.717) is 0 Å². The summed E-state index contributed by atoms with van der Waals surface area (Å²) in [7, 11) is 1.44. The fourth-order valence-corrected chi connectivity index (χ4v) is 1.46. The SMILES string of the molecule is CCCN(C)CCc1ccccc1.OBO. The molecule has 0 spiro atoms. The molecule has 0 radical (unpaired) electrons. The maximum atomic E-state index is 7.12. The van der Waals surface area contributed by atoms with Crippen LogP contribution < -0.4 is 0 Å². The van der Waals surface area contributed by atoms with Crippen LogP contribution >= 0.6 is 0 Å². The predicted octanol–water partition coefficient (Wildman–Crippen LogP) is 0.808. The highest BCUT2D eigenvalue weighted by Crippen LogP contribution is 2.00. The molecule has 0 saturated carbocycles. The lowest BCUT2D eigenvalue weighted by atomic mass is 10.1. The molecule has 0 aliphatic carbocycles. The molecule has 0 heterocycles. The van der Waals surface area contributed by atoms with Crippen LogP contribution in [0.3, 0.4) is 0 Å². The largest absolute Gasteiger partial charge is 0.432 e. The molecule has 2 N–H and O–H groups in total. The van der Waals surface area contributed by atoms with Crippen LogP contribution in [0, 0.1) is 0 Å². The predicted molar refractivity (Wildman–Crippen MR) is 69.5 cm³/mol. The summed E-state index contributed by atoms with van der Waals surface area (Å²) in [5, 5.41) is 14.2. The molecular formula is C12H22BNO2. The van der Waals surface area contributed by atoms with Gasteiger partial charge in [0.15, 0.2) is 0 Å². The van der Waals surface area contributed by atoms with Gasteiger partial charge in [-0.3, -0.25) is 0 Å². The van der Waals surface area contributed by atoms with Crippen LogP contribution in [0.4, 0.5) is 0 Å². The summed E-state index contributed by atoms with van der Waals surface area (Å²) < 4.78 is 0. The van der Waals surface area contributed by atoms with Gasteiger partial charge in [0.25, 0.3) is 0 Å². The number of likely N-dealkylation sites (N-methyl/N-ethyl adjacent to an activating group) is 1. The highest BCUT2D eigenvalue weighted by Gasteiger charge is 1.96. The van der Waals surface area contributed by atoms with Crippen LogP contribution in [0.1, 0.15) is 18.9 Å². The first-order valence-electron chi connectivity index (χ1n) is 5.68. The summed E-state index contributed by atoms with van der Waals surface area (Å²) in [6.45, 7) is 4.59. The Morgan fingerprint density at radius 1 is 1.12 bits per heavy atom. The van der Waals surface area contributed by atoms with Gasteiger partial charge in [-0.05, 0) is 32.0 Å². The van der Waals surface area contributed by atoms with Crippen molar-refractivity contribution in [2.45, 2.75) is 19.8 Å². The lowest BCUT2D eigenvalue weighted by molar-refractivity contribution is 0.339. The van der Waals surface area contributed by atoms with Crippen LogP contribution in [0.2, 0.25) is 0 Å². The second-order valence-electron chi connectivity index (χ2n) is 3.68. The monoisotopic (exact) mass is 223 g/mol. The van der Waals surface area contributed by atoms with E-state index in [-0.39, 0.29) is 0 Å². The Labute approximate surface area is 99.0 Å². The minimum atomic E-state index is -0.750. The van der Waals surface area contributed by atoms with Crippen molar-refractivity contribution in [3.8, 4) is 0 Å². The van der Waals surface area contributed by atoms with E-state index in [1.165, 1.54) is 18.5 Å². The van der Waals surface area contributed by atoms with Crippen molar-refractivity contribution in [2.24, 2.45) is 0 Å². The van der Waals surface area contributed by atoms with Crippen LogP contribution in [-0.4, -0.2) is 42.8 Å². The van der Waals surface area contributed by atoms with Gasteiger partial charge in [-0.15, -0.1) is 0 Å². The van der Waals surface area contributed by atoms with Crippen LogP contribution in [-0.2, 0) is 6.42 Å². The zero-order valence-corrected chi connectivity index (χ0v) is 10.3. The molecule has 1 aromatic carbocycles. The third-order valence-corrected chi connectivity index (χ3v) is 2.23. The molecule has 0 amide bonds. The van der Waals surface area contributed by atoms with Crippen LogP contribution in [0.5, 0.6) is 0 Å². The summed E-state index contributed by atoms with van der Waals surface area (Å²) in [5.41, 5.74) is 1.44. The molecule has 1 rings (SSSR count). The van der Waals surface area contributed by atoms with Gasteiger partial charge in [-0.25, -0.2) is 0 Å². The molecule has 0 aliphatic heterocycles. The molecule has 0 atom stereocenters. The molecule has 90 valence electrons. The zero-order valence-electron chi connectivity index (χ0n) is 10.3. The van der Waals surface area contributed by atoms with E-state index in [2.05, 4.69) is 49.2 Å². The quantitative estimate of drug-likeness (QED) is 0.726. The maximum Gasteiger partial charge on any atom is 0.432 e. The number of benzene rings is 1. The van der Waals surface area contributed by atoms with E-state index >= 15 is 0 Å². The number of hydrogen-bond acceptors (Lipinski definition) is 3. The molecule has 0 aliphatic rings. The Morgan fingerprint density at radius 3 is 2.19 bits per heavy atom. The molecular weight excluding hydrogens is 201 g/mol. The number of nitrogens with zero attached hydrogens (tertiary/aromatic N) is 1. The van der Waals surface area contributed by atoms with Crippen molar-refractivity contribution < 1.29 is 10.0 Å². The van der Waals surface area contributed by atoms with E-state index in [1.807, 2.05) is 0 Å². The molecule has 3 nitrogen and oxygen atoms in total. The van der Waals surface area contributed by atoms with Crippen molar-refractivity contribution in [3.63, 3.8) is 0 Å². The topological polar surface area (TPSA) is 43.7 Å². The molecule has 4 heteroatoms. The van der Waals surface area contributed by atoms with E-state index in [9.17, 15) is 0 Å². The molecule has 0 saturated heterocycles. The van der Waals surface area contributed by atoms with Crippen molar-refractivity contribution in [1.29, 1.82) is 0 Å². The second kappa shape index (κ2) is 10.7. The summed E-state index contributed by atoms with van der Waals surface area (Å²) >= 11 is 0. The highest BCUT2D eigenvalue weighted by atomic mass is 16.4. The number of rotatable bonds is 5. The Bertz CT molecular complexity index is 244. The first kappa shape index (κ1) is 15.2. The van der Waals surface area contributed by atoms with Gasteiger partial charge in [0.2, 0.25) is 0 Å². The molecule has 0 unspecified atom stereocenters. The van der Waals surface area contributed by atoms with Crippen LogP contribution in [0.15, 0.2) is 30.3 Å². The van der Waals surface area contributed by atoms with Gasteiger partial charge in [0.05, 0.1) is 0 Å². The molecule has 1 aromatic rings. The Morgan fingerprint density at radius 2 is 1.69 bits per heavy atom. The first-order valence-corrected chi connectivity index (χ1v) is 5.68. The van der Waals surface area contributed by atoms with Crippen molar-refractivity contribution in [2.75, 3.05) is 20.1 Å². The van der Waals surface area contributed by atoms with Gasteiger partial charge >= 0.3 is 7.69 Å². The lowest BCUT2D eigenvalue weighted by Crippen LogP contribution is -2.21. The summed E-state index contributed by atoms with van der Waals surface area (Å²) in [6, 6.07) is 10.7. The standard InChI is InChI=1S/C12H19N.BH3O2/c1-3-10-13(2)11-9-12-7-5-4-6-8-12;2-1-3/h4-8H,3,9-11H2,1-2H3;1-3H. The van der Waals surface area contributed by atoms with Crippen molar-refractivity contribution >= 4 is 7.69 Å². The van der Waals surface area contributed by atoms with E-state index in [1.54, 1.807) is 0 Å². The van der Waals surface area contributed by atoms with Crippen molar-refractivity contribution in [1.82, 2.24) is 4.90 Å². The van der Waals surface area contributed by atoms with Crippen molar-refractivity contribution in [3.05, 3.63) is 35.9 Å². The normalized spacial score (nSPS) is 9.56. The third-order valence-electron chi connectivity index (χ3n) is 2.23. The van der Waals surface area contributed by atoms with E-state index in [0.717, 1.165) is 13.0 Å². The van der Waals surface area contributed by atoms with E-state index in [4.69, 9.17) is 10.0 Å². The Balaban J connectivity index is 0.000000673. The molecule has 0 fully saturated rings. The minimum absolute atomic E-state index is 0.750. The zero-order chi connectivity index (χ0) is 12.2. The van der Waals surface area contributed by atoms with Crippen LogP contribution in [0.25, 0.3) is 0 Å². The molecule has 0 bridgehead atoms. The Kier molecular flexibility index (Phi) is 10.1. The first-order chi connectivity index (χ1) is 7.74. The van der Waals surface area contributed by atoms with Gasteiger partial charge in [-0.1, -0.05) is 37.3 Å². The average molecular weight is 223 g/mol. The fourth-order valence-electron chi connectivity index (χ4n) is 1.46. The second-order valence-corrected chi connectivity index (χ2v) is 3.68. The summed E-state index contributed by atoms with van der Waals surface area (Å²) in [6.07, 6.45) is 2.41. The summed E-state index contributed by atoms with van der Waals surface area (Å²) in [5.74, 6) is 0. The minimum Gasteiger partial charge on any atom is -0.430 e. The molecule has 0 aromatic heterocycles. The summed E-state index contributed by atoms with van der Waals surface area (Å²) in [4.78, 5) is 2.38. The smallest absolute Gasteiger partial charge is 0.430 e. The van der Waals surface area contributed by atoms with E-state index < -0.39 is 7.69 Å². The Hall–Kier alpha value is -0.835. The van der Waals surface area contributed by atoms with Gasteiger partial charge in [0.1, 0.15) is 0 Å². The highest BCUT2D eigenvalue weighted by molar-refractivity contribution is 6.13. The maximum absolute atomic E-state index is 7.12. The fraction of sp³-hybridized carbons (Fsp3) is 0.500. The van der Waals surface area contributed by atoms with Gasteiger partial charge in [0, 0.05) is 6.54 Å². The number of hydrogen-bond donors (Lipinski definition) is 2. The average Bonchev–Trinajstić information content (AvgIpc) is 2.29. The third kappa shape index (κ3) is 8.47.